The summed E-state index contributed by atoms with van der Waals surface area (Å²) >= 11 is 0. The molecule has 1 saturated carbocycles. The van der Waals surface area contributed by atoms with Crippen LogP contribution < -0.4 is 9.47 Å². The van der Waals surface area contributed by atoms with Crippen LogP contribution in [-0.2, 0) is 11.2 Å². The number of ether oxygens (including phenoxy) is 2. The van der Waals surface area contributed by atoms with Crippen LogP contribution in [0.4, 0.5) is 0 Å². The summed E-state index contributed by atoms with van der Waals surface area (Å²) in [6, 6.07) is 4.18. The van der Waals surface area contributed by atoms with Crippen LogP contribution >= 0.6 is 0 Å². The van der Waals surface area contributed by atoms with Crippen molar-refractivity contribution < 1.29 is 14.3 Å². The molecule has 0 atom stereocenters. The first-order chi connectivity index (χ1) is 8.22. The Kier molecular flexibility index (Phi) is 2.54. The third-order valence-corrected chi connectivity index (χ3v) is 3.29. The zero-order chi connectivity index (χ0) is 11.8. The third-order valence-electron chi connectivity index (χ3n) is 3.29. The van der Waals surface area contributed by atoms with Crippen LogP contribution in [-0.4, -0.2) is 19.0 Å². The molecule has 0 unspecified atom stereocenters. The highest BCUT2D eigenvalue weighted by atomic mass is 16.5. The zero-order valence-corrected chi connectivity index (χ0v) is 9.99. The van der Waals surface area contributed by atoms with Crippen molar-refractivity contribution in [3.8, 4) is 11.5 Å². The number of Topliss-reactive ketones (excluding diaryl/α,β-unsaturated/α-hetero) is 1. The lowest BCUT2D eigenvalue weighted by Crippen LogP contribution is -2.15. The molecule has 0 spiro atoms. The second-order valence-corrected chi connectivity index (χ2v) is 5.00. The van der Waals surface area contributed by atoms with Gasteiger partial charge in [-0.05, 0) is 49.3 Å². The summed E-state index contributed by atoms with van der Waals surface area (Å²) in [6.45, 7) is 2.25. The summed E-state index contributed by atoms with van der Waals surface area (Å²) in [6.07, 6.45) is 3.80. The number of hydrogen-bond donors (Lipinski definition) is 0. The Morgan fingerprint density at radius 2 is 2.00 bits per heavy atom. The zero-order valence-electron chi connectivity index (χ0n) is 9.99. The van der Waals surface area contributed by atoms with Gasteiger partial charge in [-0.3, -0.25) is 4.79 Å². The van der Waals surface area contributed by atoms with E-state index in [9.17, 15) is 4.79 Å². The molecule has 3 heteroatoms. The molecule has 1 aliphatic heterocycles. The van der Waals surface area contributed by atoms with Crippen LogP contribution in [0.15, 0.2) is 12.1 Å². The number of fused-ring (bicyclic) bond motifs is 1. The quantitative estimate of drug-likeness (QED) is 0.784. The number of hydrogen-bond acceptors (Lipinski definition) is 3. The molecule has 2 aliphatic rings. The van der Waals surface area contributed by atoms with E-state index in [1.165, 1.54) is 18.4 Å². The first kappa shape index (κ1) is 10.6. The van der Waals surface area contributed by atoms with Crippen molar-refractivity contribution in [2.24, 2.45) is 5.92 Å². The maximum Gasteiger partial charge on any atom is 0.207 e. The maximum absolute atomic E-state index is 11.3. The van der Waals surface area contributed by atoms with E-state index in [0.717, 1.165) is 29.4 Å². The van der Waals surface area contributed by atoms with Gasteiger partial charge in [-0.15, -0.1) is 0 Å². The van der Waals surface area contributed by atoms with E-state index in [2.05, 4.69) is 6.07 Å². The van der Waals surface area contributed by atoms with Gasteiger partial charge in [-0.25, -0.2) is 0 Å². The van der Waals surface area contributed by atoms with Gasteiger partial charge >= 0.3 is 0 Å². The molecule has 3 nitrogen and oxygen atoms in total. The Balaban J connectivity index is 1.91. The van der Waals surface area contributed by atoms with Gasteiger partial charge in [0.25, 0.3) is 0 Å². The lowest BCUT2D eigenvalue weighted by molar-refractivity contribution is -0.122. The number of ketones is 1. The summed E-state index contributed by atoms with van der Waals surface area (Å²) in [4.78, 5) is 11.3. The summed E-state index contributed by atoms with van der Waals surface area (Å²) in [5.74, 6) is 2.30. The average Bonchev–Trinajstić information content (AvgIpc) is 3.08. The molecule has 17 heavy (non-hydrogen) atoms. The maximum atomic E-state index is 11.3. The van der Waals surface area contributed by atoms with Crippen molar-refractivity contribution in [3.05, 3.63) is 23.3 Å². The van der Waals surface area contributed by atoms with Gasteiger partial charge in [0, 0.05) is 0 Å². The largest absolute Gasteiger partial charge is 0.482 e. The van der Waals surface area contributed by atoms with E-state index < -0.39 is 0 Å². The highest BCUT2D eigenvalue weighted by Gasteiger charge is 2.23. The minimum atomic E-state index is -0.00987. The Morgan fingerprint density at radius 1 is 1.24 bits per heavy atom. The Morgan fingerprint density at radius 3 is 2.76 bits per heavy atom. The van der Waals surface area contributed by atoms with Gasteiger partial charge in [-0.2, -0.15) is 0 Å². The SMILES string of the molecule is Cc1cc(CC2CC2)cc2c1OCC(=O)CO2. The molecule has 3 rings (SSSR count). The highest BCUT2D eigenvalue weighted by molar-refractivity contribution is 5.82. The molecule has 90 valence electrons. The molecular formula is C14H16O3. The van der Waals surface area contributed by atoms with E-state index >= 15 is 0 Å². The van der Waals surface area contributed by atoms with Crippen molar-refractivity contribution in [3.63, 3.8) is 0 Å². The summed E-state index contributed by atoms with van der Waals surface area (Å²) in [7, 11) is 0. The van der Waals surface area contributed by atoms with Gasteiger partial charge in [0.1, 0.15) is 0 Å². The molecule has 0 bridgehead atoms. The van der Waals surface area contributed by atoms with Crippen LogP contribution in [0, 0.1) is 12.8 Å². The molecule has 1 aromatic rings. The van der Waals surface area contributed by atoms with Gasteiger partial charge in [0.05, 0.1) is 0 Å². The van der Waals surface area contributed by atoms with E-state index in [1.54, 1.807) is 0 Å². The molecule has 1 aliphatic carbocycles. The second kappa shape index (κ2) is 4.06. The molecule has 0 amide bonds. The van der Waals surface area contributed by atoms with Crippen molar-refractivity contribution in [1.29, 1.82) is 0 Å². The fraction of sp³-hybridized carbons (Fsp3) is 0.500. The number of aryl methyl sites for hydroxylation is 1. The first-order valence-corrected chi connectivity index (χ1v) is 6.13. The van der Waals surface area contributed by atoms with Gasteiger partial charge < -0.3 is 9.47 Å². The Bertz CT molecular complexity index is 461. The monoisotopic (exact) mass is 232 g/mol. The number of carbonyl (C=O) groups excluding carboxylic acids is 1. The summed E-state index contributed by atoms with van der Waals surface area (Å²) in [5.41, 5.74) is 2.36. The molecule has 1 aromatic carbocycles. The minimum Gasteiger partial charge on any atom is -0.482 e. The van der Waals surface area contributed by atoms with Crippen LogP contribution in [0.3, 0.4) is 0 Å². The number of benzene rings is 1. The van der Waals surface area contributed by atoms with E-state index in [-0.39, 0.29) is 19.0 Å². The van der Waals surface area contributed by atoms with E-state index in [4.69, 9.17) is 9.47 Å². The van der Waals surface area contributed by atoms with Crippen LogP contribution in [0.1, 0.15) is 24.0 Å². The van der Waals surface area contributed by atoms with Crippen LogP contribution in [0.25, 0.3) is 0 Å². The van der Waals surface area contributed by atoms with Crippen LogP contribution in [0.5, 0.6) is 11.5 Å². The summed E-state index contributed by atoms with van der Waals surface area (Å²) in [5, 5.41) is 0. The predicted octanol–water partition coefficient (Wildman–Crippen LogP) is 2.29. The molecular weight excluding hydrogens is 216 g/mol. The van der Waals surface area contributed by atoms with Crippen molar-refractivity contribution >= 4 is 5.78 Å². The van der Waals surface area contributed by atoms with E-state index in [0.29, 0.717) is 0 Å². The molecule has 1 fully saturated rings. The number of carbonyl (C=O) groups is 1. The molecule has 0 radical (unpaired) electrons. The predicted molar refractivity (Wildman–Crippen MR) is 63.6 cm³/mol. The normalized spacial score (nSPS) is 19.0. The molecule has 0 saturated heterocycles. The Labute approximate surface area is 101 Å². The van der Waals surface area contributed by atoms with Crippen molar-refractivity contribution in [2.45, 2.75) is 26.2 Å². The van der Waals surface area contributed by atoms with Crippen LogP contribution in [0.2, 0.25) is 0 Å². The van der Waals surface area contributed by atoms with Crippen molar-refractivity contribution in [1.82, 2.24) is 0 Å². The topological polar surface area (TPSA) is 35.5 Å². The molecule has 1 heterocycles. The number of rotatable bonds is 2. The molecule has 0 aromatic heterocycles. The summed E-state index contributed by atoms with van der Waals surface area (Å²) < 4.78 is 11.0. The lowest BCUT2D eigenvalue weighted by Gasteiger charge is -2.12. The van der Waals surface area contributed by atoms with Gasteiger partial charge in [-0.1, -0.05) is 6.07 Å². The fourth-order valence-electron chi connectivity index (χ4n) is 2.23. The average molecular weight is 232 g/mol. The highest BCUT2D eigenvalue weighted by Crippen LogP contribution is 2.38. The first-order valence-electron chi connectivity index (χ1n) is 6.13. The van der Waals surface area contributed by atoms with E-state index in [1.807, 2.05) is 13.0 Å². The lowest BCUT2D eigenvalue weighted by atomic mass is 10.0. The van der Waals surface area contributed by atoms with Gasteiger partial charge in [0.2, 0.25) is 5.78 Å². The third kappa shape index (κ3) is 2.28. The molecule has 0 N–H and O–H groups in total. The second-order valence-electron chi connectivity index (χ2n) is 5.00. The Hall–Kier alpha value is -1.51. The fourth-order valence-corrected chi connectivity index (χ4v) is 2.23. The smallest absolute Gasteiger partial charge is 0.207 e. The minimum absolute atomic E-state index is 0.00987. The van der Waals surface area contributed by atoms with Crippen molar-refractivity contribution in [2.75, 3.05) is 13.2 Å². The standard InChI is InChI=1S/C14H16O3/c1-9-4-11(5-10-2-3-10)6-13-14(9)17-8-12(15)7-16-13/h4,6,10H,2-3,5,7-8H2,1H3. The van der Waals surface area contributed by atoms with Gasteiger partial charge in [0.15, 0.2) is 24.7 Å².